The summed E-state index contributed by atoms with van der Waals surface area (Å²) in [4.78, 5) is 23.5. The molecule has 0 radical (unpaired) electrons. The van der Waals surface area contributed by atoms with Crippen LogP contribution in [-0.4, -0.2) is 11.8 Å². The maximum Gasteiger partial charge on any atom is 0.226 e. The summed E-state index contributed by atoms with van der Waals surface area (Å²) in [6, 6.07) is 9.22. The van der Waals surface area contributed by atoms with Gasteiger partial charge in [-0.15, -0.1) is 0 Å². The Morgan fingerprint density at radius 3 is 2.33 bits per heavy atom. The van der Waals surface area contributed by atoms with Crippen molar-refractivity contribution in [3.63, 3.8) is 0 Å². The van der Waals surface area contributed by atoms with Crippen LogP contribution in [0.2, 0.25) is 5.02 Å². The van der Waals surface area contributed by atoms with Crippen molar-refractivity contribution in [1.82, 2.24) is 5.32 Å². The Kier molecular flexibility index (Phi) is 5.87. The average Bonchev–Trinajstić information content (AvgIpc) is 2.50. The molecule has 0 fully saturated rings. The van der Waals surface area contributed by atoms with Gasteiger partial charge in [0, 0.05) is 23.7 Å². The highest BCUT2D eigenvalue weighted by Gasteiger charge is 2.17. The minimum Gasteiger partial charge on any atom is -0.349 e. The zero-order valence-electron chi connectivity index (χ0n) is 12.8. The second-order valence-corrected chi connectivity index (χ2v) is 5.62. The van der Waals surface area contributed by atoms with E-state index >= 15 is 0 Å². The molecule has 0 saturated heterocycles. The third-order valence-corrected chi connectivity index (χ3v) is 3.49. The number of benzene rings is 2. The molecule has 0 spiro atoms. The minimum absolute atomic E-state index is 0.0692. The number of rotatable bonds is 5. The molecule has 0 aliphatic heterocycles. The highest BCUT2D eigenvalue weighted by Crippen LogP contribution is 2.21. The van der Waals surface area contributed by atoms with Crippen LogP contribution < -0.4 is 10.6 Å². The second-order valence-electron chi connectivity index (χ2n) is 5.19. The number of nitrogens with one attached hydrogen (secondary N) is 2. The van der Waals surface area contributed by atoms with Crippen LogP contribution in [0.3, 0.4) is 0 Å². The van der Waals surface area contributed by atoms with Crippen molar-refractivity contribution in [2.75, 3.05) is 5.32 Å². The van der Waals surface area contributed by atoms with Crippen LogP contribution in [0.1, 0.15) is 24.9 Å². The molecule has 0 bridgehead atoms. The molecule has 4 nitrogen and oxygen atoms in total. The summed E-state index contributed by atoms with van der Waals surface area (Å²) in [5.74, 6) is -2.79. The molecule has 0 heterocycles. The number of amides is 2. The average molecular weight is 353 g/mol. The molecule has 126 valence electrons. The topological polar surface area (TPSA) is 58.2 Å². The molecule has 1 unspecified atom stereocenters. The summed E-state index contributed by atoms with van der Waals surface area (Å²) < 4.78 is 26.1. The molecule has 2 aromatic carbocycles. The number of hydrogen-bond donors (Lipinski definition) is 2. The maximum absolute atomic E-state index is 13.2. The van der Waals surface area contributed by atoms with Crippen molar-refractivity contribution in [3.05, 3.63) is 64.7 Å². The van der Waals surface area contributed by atoms with Crippen LogP contribution in [0.4, 0.5) is 14.5 Å². The lowest BCUT2D eigenvalue weighted by atomic mass is 10.0. The molecule has 2 amide bonds. The van der Waals surface area contributed by atoms with E-state index in [0.717, 1.165) is 12.1 Å². The normalized spacial score (nSPS) is 11.7. The molecular formula is C17H15ClF2N2O2. The van der Waals surface area contributed by atoms with Gasteiger partial charge < -0.3 is 10.6 Å². The minimum atomic E-state index is -1.05. The van der Waals surface area contributed by atoms with E-state index in [9.17, 15) is 18.4 Å². The van der Waals surface area contributed by atoms with E-state index < -0.39 is 23.6 Å². The van der Waals surface area contributed by atoms with Gasteiger partial charge in [-0.25, -0.2) is 8.78 Å². The fourth-order valence-corrected chi connectivity index (χ4v) is 2.29. The first kappa shape index (κ1) is 17.9. The molecule has 7 heteroatoms. The quantitative estimate of drug-likeness (QED) is 0.859. The molecular weight excluding hydrogens is 338 g/mol. The van der Waals surface area contributed by atoms with Gasteiger partial charge in [-0.3, -0.25) is 9.59 Å². The zero-order valence-corrected chi connectivity index (χ0v) is 13.5. The molecule has 1 atom stereocenters. The Bertz CT molecular complexity index is 751. The first-order chi connectivity index (χ1) is 11.3. The van der Waals surface area contributed by atoms with E-state index in [4.69, 9.17) is 11.6 Å². The molecule has 24 heavy (non-hydrogen) atoms. The summed E-state index contributed by atoms with van der Waals surface area (Å²) in [6.45, 7) is 1.34. The summed E-state index contributed by atoms with van der Waals surface area (Å²) in [5, 5.41) is 5.68. The van der Waals surface area contributed by atoms with Crippen molar-refractivity contribution >= 4 is 29.1 Å². The third-order valence-electron chi connectivity index (χ3n) is 3.24. The van der Waals surface area contributed by atoms with Gasteiger partial charge in [-0.2, -0.15) is 0 Å². The molecule has 0 saturated carbocycles. The SMILES string of the molecule is CC(=O)NC(CC(=O)Nc1ccc(F)c(F)c1)c1ccc(Cl)cc1. The van der Waals surface area contributed by atoms with E-state index in [-0.39, 0.29) is 18.0 Å². The summed E-state index contributed by atoms with van der Waals surface area (Å²) in [6.07, 6.45) is -0.0692. The Hall–Kier alpha value is -2.47. The summed E-state index contributed by atoms with van der Waals surface area (Å²) in [7, 11) is 0. The highest BCUT2D eigenvalue weighted by molar-refractivity contribution is 6.30. The monoisotopic (exact) mass is 352 g/mol. The van der Waals surface area contributed by atoms with Gasteiger partial charge in [0.05, 0.1) is 12.5 Å². The zero-order chi connectivity index (χ0) is 17.7. The van der Waals surface area contributed by atoms with Crippen LogP contribution in [-0.2, 0) is 9.59 Å². The molecule has 2 rings (SSSR count). The van der Waals surface area contributed by atoms with Crippen LogP contribution >= 0.6 is 11.6 Å². The Balaban J connectivity index is 2.10. The molecule has 0 aliphatic rings. The van der Waals surface area contributed by atoms with E-state index in [2.05, 4.69) is 10.6 Å². The predicted molar refractivity (Wildman–Crippen MR) is 87.6 cm³/mol. The Labute approximate surface area is 142 Å². The van der Waals surface area contributed by atoms with Crippen LogP contribution in [0.15, 0.2) is 42.5 Å². The largest absolute Gasteiger partial charge is 0.349 e. The van der Waals surface area contributed by atoms with E-state index in [1.807, 2.05) is 0 Å². The first-order valence-electron chi connectivity index (χ1n) is 7.12. The van der Waals surface area contributed by atoms with Gasteiger partial charge in [0.25, 0.3) is 0 Å². The number of anilines is 1. The van der Waals surface area contributed by atoms with Gasteiger partial charge in [0.2, 0.25) is 11.8 Å². The smallest absolute Gasteiger partial charge is 0.226 e. The second kappa shape index (κ2) is 7.88. The molecule has 0 aromatic heterocycles. The molecule has 0 aliphatic carbocycles. The number of carbonyl (C=O) groups excluding carboxylic acids is 2. The highest BCUT2D eigenvalue weighted by atomic mass is 35.5. The molecule has 2 aromatic rings. The summed E-state index contributed by atoms with van der Waals surface area (Å²) in [5.41, 5.74) is 0.839. The van der Waals surface area contributed by atoms with Gasteiger partial charge >= 0.3 is 0 Å². The van der Waals surface area contributed by atoms with Gasteiger partial charge in [-0.1, -0.05) is 23.7 Å². The number of hydrogen-bond acceptors (Lipinski definition) is 2. The lowest BCUT2D eigenvalue weighted by Gasteiger charge is -2.18. The van der Waals surface area contributed by atoms with Crippen LogP contribution in [0.25, 0.3) is 0 Å². The van der Waals surface area contributed by atoms with Crippen molar-refractivity contribution in [2.24, 2.45) is 0 Å². The fourth-order valence-electron chi connectivity index (χ4n) is 2.16. The standard InChI is InChI=1S/C17H15ClF2N2O2/c1-10(23)21-16(11-2-4-12(18)5-3-11)9-17(24)22-13-6-7-14(19)15(20)8-13/h2-8,16H,9H2,1H3,(H,21,23)(H,22,24). The lowest BCUT2D eigenvalue weighted by molar-refractivity contribution is -0.120. The van der Waals surface area contributed by atoms with E-state index in [0.29, 0.717) is 10.6 Å². The lowest BCUT2D eigenvalue weighted by Crippen LogP contribution is -2.29. The maximum atomic E-state index is 13.2. The molecule has 2 N–H and O–H groups in total. The van der Waals surface area contributed by atoms with E-state index in [1.54, 1.807) is 24.3 Å². The van der Waals surface area contributed by atoms with Gasteiger partial charge in [0.15, 0.2) is 11.6 Å². The number of carbonyl (C=O) groups is 2. The number of halogens is 3. The van der Waals surface area contributed by atoms with Crippen molar-refractivity contribution < 1.29 is 18.4 Å². The predicted octanol–water partition coefficient (Wildman–Crippen LogP) is 3.82. The first-order valence-corrected chi connectivity index (χ1v) is 7.50. The summed E-state index contributed by atoms with van der Waals surface area (Å²) >= 11 is 5.83. The van der Waals surface area contributed by atoms with Crippen LogP contribution in [0.5, 0.6) is 0 Å². The Morgan fingerprint density at radius 1 is 1.08 bits per heavy atom. The van der Waals surface area contributed by atoms with E-state index in [1.165, 1.54) is 13.0 Å². The van der Waals surface area contributed by atoms with Gasteiger partial charge in [-0.05, 0) is 29.8 Å². The Morgan fingerprint density at radius 2 is 1.75 bits per heavy atom. The van der Waals surface area contributed by atoms with Crippen molar-refractivity contribution in [3.8, 4) is 0 Å². The fraction of sp³-hybridized carbons (Fsp3) is 0.176. The van der Waals surface area contributed by atoms with Crippen LogP contribution in [0, 0.1) is 11.6 Å². The van der Waals surface area contributed by atoms with Crippen molar-refractivity contribution in [2.45, 2.75) is 19.4 Å². The third kappa shape index (κ3) is 5.03. The van der Waals surface area contributed by atoms with Crippen molar-refractivity contribution in [1.29, 1.82) is 0 Å². The van der Waals surface area contributed by atoms with Gasteiger partial charge in [0.1, 0.15) is 0 Å².